The van der Waals surface area contributed by atoms with Gasteiger partial charge in [-0.15, -0.1) is 0 Å². The van der Waals surface area contributed by atoms with Crippen molar-refractivity contribution in [3.63, 3.8) is 0 Å². The maximum absolute atomic E-state index is 3.99. The normalized spacial score (nSPS) is 15.0. The summed E-state index contributed by atoms with van der Waals surface area (Å²) >= 11 is 0. The standard InChI is InChI=1S/C64H62N2/c1-45-44-61(52-39-41-64(42-40-52,65-56-31-27-53(28-32-56)62(3,4)5)55-25-19-49(20-26-55)47-15-11-9-12-16-47)46(2)43-60(45)51-23-35-58(36-24-51)66(59-37-29-54(30-38-59)63(6,7)8)57-33-21-50(22-34-57)48-17-13-10-14-18-48/h9-41,43-44,65H,42H2,1-8H3. The highest BCUT2D eigenvalue weighted by molar-refractivity contribution is 5.84. The quantitative estimate of drug-likeness (QED) is 0.147. The SMILES string of the molecule is Cc1cc(-c2ccc(N(c3ccc(-c4ccccc4)cc3)c3ccc(C(C)(C)C)cc3)cc2)c(C)cc1C1=CCC(Nc2ccc(C(C)(C)C)cc2)(c2ccc(-c3ccccc3)cc2)C=C1. The summed E-state index contributed by atoms with van der Waals surface area (Å²) in [4.78, 5) is 2.36. The van der Waals surface area contributed by atoms with Crippen molar-refractivity contribution in [2.45, 2.75) is 78.2 Å². The summed E-state index contributed by atoms with van der Waals surface area (Å²) < 4.78 is 0. The fourth-order valence-electron chi connectivity index (χ4n) is 9.34. The first-order valence-electron chi connectivity index (χ1n) is 23.5. The molecule has 1 N–H and O–H groups in total. The molecule has 0 amide bonds. The molecule has 0 aromatic heterocycles. The number of nitrogens with zero attached hydrogens (tertiary/aromatic N) is 1. The third-order valence-electron chi connectivity index (χ3n) is 13.4. The molecular weight excluding hydrogens is 797 g/mol. The zero-order chi connectivity index (χ0) is 46.1. The molecular formula is C64H62N2. The Morgan fingerprint density at radius 3 is 1.32 bits per heavy atom. The number of benzene rings is 8. The molecule has 8 aromatic carbocycles. The molecule has 2 heteroatoms. The molecule has 1 atom stereocenters. The van der Waals surface area contributed by atoms with E-state index < -0.39 is 5.54 Å². The van der Waals surface area contributed by atoms with E-state index in [0.29, 0.717) is 0 Å². The van der Waals surface area contributed by atoms with Gasteiger partial charge < -0.3 is 10.2 Å². The van der Waals surface area contributed by atoms with Crippen molar-refractivity contribution >= 4 is 28.3 Å². The van der Waals surface area contributed by atoms with Crippen LogP contribution in [0.4, 0.5) is 22.7 Å². The topological polar surface area (TPSA) is 15.3 Å². The van der Waals surface area contributed by atoms with Crippen LogP contribution in [0.25, 0.3) is 39.0 Å². The van der Waals surface area contributed by atoms with E-state index >= 15 is 0 Å². The second kappa shape index (κ2) is 18.0. The first-order valence-corrected chi connectivity index (χ1v) is 23.5. The smallest absolute Gasteiger partial charge is 0.0847 e. The van der Waals surface area contributed by atoms with Gasteiger partial charge in [0.15, 0.2) is 0 Å². The Morgan fingerprint density at radius 1 is 0.439 bits per heavy atom. The van der Waals surface area contributed by atoms with Gasteiger partial charge in [0.1, 0.15) is 0 Å². The van der Waals surface area contributed by atoms with E-state index in [9.17, 15) is 0 Å². The first-order chi connectivity index (χ1) is 31.7. The van der Waals surface area contributed by atoms with Crippen LogP contribution in [0.2, 0.25) is 0 Å². The molecule has 1 aliphatic carbocycles. The van der Waals surface area contributed by atoms with Gasteiger partial charge in [-0.25, -0.2) is 0 Å². The summed E-state index contributed by atoms with van der Waals surface area (Å²) in [7, 11) is 0. The molecule has 0 aliphatic heterocycles. The van der Waals surface area contributed by atoms with Crippen molar-refractivity contribution in [3.8, 4) is 33.4 Å². The molecule has 66 heavy (non-hydrogen) atoms. The highest BCUT2D eigenvalue weighted by Crippen LogP contribution is 2.42. The van der Waals surface area contributed by atoms with Gasteiger partial charge in [0.2, 0.25) is 0 Å². The molecule has 0 saturated carbocycles. The molecule has 0 radical (unpaired) electrons. The van der Waals surface area contributed by atoms with Crippen LogP contribution in [0.1, 0.15) is 81.3 Å². The number of anilines is 4. The minimum absolute atomic E-state index is 0.0781. The summed E-state index contributed by atoms with van der Waals surface area (Å²) in [6.45, 7) is 18.1. The largest absolute Gasteiger partial charge is 0.372 e. The lowest BCUT2D eigenvalue weighted by Crippen LogP contribution is -2.34. The second-order valence-corrected chi connectivity index (χ2v) is 20.1. The first kappa shape index (κ1) is 44.1. The number of rotatable bonds is 10. The Bertz CT molecular complexity index is 2980. The van der Waals surface area contributed by atoms with Crippen molar-refractivity contribution in [2.24, 2.45) is 0 Å². The molecule has 0 fully saturated rings. The van der Waals surface area contributed by atoms with E-state index in [1.165, 1.54) is 72.3 Å². The Morgan fingerprint density at radius 2 is 0.848 bits per heavy atom. The van der Waals surface area contributed by atoms with Crippen molar-refractivity contribution < 1.29 is 0 Å². The van der Waals surface area contributed by atoms with Crippen LogP contribution in [-0.4, -0.2) is 0 Å². The Hall–Kier alpha value is -7.16. The van der Waals surface area contributed by atoms with Crippen LogP contribution in [0.15, 0.2) is 212 Å². The molecule has 328 valence electrons. The van der Waals surface area contributed by atoms with Crippen LogP contribution < -0.4 is 10.2 Å². The zero-order valence-corrected chi connectivity index (χ0v) is 39.9. The third kappa shape index (κ3) is 9.33. The molecule has 8 aromatic rings. The maximum atomic E-state index is 3.99. The van der Waals surface area contributed by atoms with Gasteiger partial charge in [-0.2, -0.15) is 0 Å². The van der Waals surface area contributed by atoms with Crippen LogP contribution >= 0.6 is 0 Å². The fraction of sp³-hybridized carbons (Fsp3) is 0.188. The van der Waals surface area contributed by atoms with Crippen molar-refractivity contribution in [1.29, 1.82) is 0 Å². The molecule has 0 bridgehead atoms. The zero-order valence-electron chi connectivity index (χ0n) is 39.9. The molecule has 1 unspecified atom stereocenters. The monoisotopic (exact) mass is 858 g/mol. The average molecular weight is 859 g/mol. The predicted octanol–water partition coefficient (Wildman–Crippen LogP) is 17.7. The van der Waals surface area contributed by atoms with Crippen LogP contribution in [0.5, 0.6) is 0 Å². The van der Waals surface area contributed by atoms with Gasteiger partial charge >= 0.3 is 0 Å². The summed E-state index contributed by atoms with van der Waals surface area (Å²) in [5, 5.41) is 3.99. The summed E-state index contributed by atoms with van der Waals surface area (Å²) in [6.07, 6.45) is 7.95. The van der Waals surface area contributed by atoms with Crippen LogP contribution in [0.3, 0.4) is 0 Å². The number of allylic oxidation sites excluding steroid dienone is 2. The molecule has 9 rings (SSSR count). The van der Waals surface area contributed by atoms with Crippen LogP contribution in [0, 0.1) is 13.8 Å². The molecule has 0 heterocycles. The number of hydrogen-bond acceptors (Lipinski definition) is 2. The van der Waals surface area contributed by atoms with Crippen molar-refractivity contribution in [1.82, 2.24) is 0 Å². The Kier molecular flexibility index (Phi) is 12.0. The van der Waals surface area contributed by atoms with Gasteiger partial charge in [-0.3, -0.25) is 0 Å². The van der Waals surface area contributed by atoms with Crippen molar-refractivity contribution in [3.05, 3.63) is 246 Å². The Labute approximate surface area is 394 Å². The van der Waals surface area contributed by atoms with Crippen molar-refractivity contribution in [2.75, 3.05) is 10.2 Å². The van der Waals surface area contributed by atoms with E-state index in [1.807, 2.05) is 0 Å². The molecule has 1 aliphatic rings. The van der Waals surface area contributed by atoms with Gasteiger partial charge in [0.05, 0.1) is 5.54 Å². The summed E-state index contributed by atoms with van der Waals surface area (Å²) in [5.41, 5.74) is 20.5. The van der Waals surface area contributed by atoms with Gasteiger partial charge in [-0.1, -0.05) is 205 Å². The summed E-state index contributed by atoms with van der Waals surface area (Å²) in [5.74, 6) is 0. The Balaban J connectivity index is 0.999. The van der Waals surface area contributed by atoms with Gasteiger partial charge in [0.25, 0.3) is 0 Å². The third-order valence-corrected chi connectivity index (χ3v) is 13.4. The minimum atomic E-state index is -0.404. The minimum Gasteiger partial charge on any atom is -0.372 e. The fourth-order valence-corrected chi connectivity index (χ4v) is 9.34. The van der Waals surface area contributed by atoms with Crippen LogP contribution in [-0.2, 0) is 16.4 Å². The maximum Gasteiger partial charge on any atom is 0.0847 e. The van der Waals surface area contributed by atoms with E-state index in [-0.39, 0.29) is 10.8 Å². The second-order valence-electron chi connectivity index (χ2n) is 20.1. The predicted molar refractivity (Wildman–Crippen MR) is 284 cm³/mol. The van der Waals surface area contributed by atoms with E-state index in [1.54, 1.807) is 0 Å². The molecule has 2 nitrogen and oxygen atoms in total. The number of aryl methyl sites for hydroxylation is 2. The average Bonchev–Trinajstić information content (AvgIpc) is 3.33. The molecule has 0 spiro atoms. The van der Waals surface area contributed by atoms with E-state index in [4.69, 9.17) is 0 Å². The van der Waals surface area contributed by atoms with E-state index in [0.717, 1.165) is 29.2 Å². The highest BCUT2D eigenvalue weighted by Gasteiger charge is 2.31. The highest BCUT2D eigenvalue weighted by atomic mass is 15.1. The van der Waals surface area contributed by atoms with Gasteiger partial charge in [-0.05, 0) is 152 Å². The number of hydrogen-bond donors (Lipinski definition) is 1. The summed E-state index contributed by atoms with van der Waals surface area (Å²) in [6, 6.07) is 71.1. The van der Waals surface area contributed by atoms with Gasteiger partial charge in [0, 0.05) is 22.7 Å². The lowest BCUT2D eigenvalue weighted by atomic mass is 9.79. The van der Waals surface area contributed by atoms with E-state index in [2.05, 4.69) is 278 Å². The lowest BCUT2D eigenvalue weighted by Gasteiger charge is -2.36. The number of nitrogens with one attached hydrogen (secondary N) is 1. The lowest BCUT2D eigenvalue weighted by molar-refractivity contribution is 0.589. The molecule has 0 saturated heterocycles.